The Labute approximate surface area is 189 Å². The zero-order valence-electron chi connectivity index (χ0n) is 19.3. The quantitative estimate of drug-likeness (QED) is 0.670. The molecule has 0 aromatic heterocycles. The second kappa shape index (κ2) is 10.6. The number of carbonyl (C=O) groups excluding carboxylic acids is 3. The summed E-state index contributed by atoms with van der Waals surface area (Å²) in [4.78, 5) is 39.2. The van der Waals surface area contributed by atoms with E-state index < -0.39 is 0 Å². The number of rotatable bonds is 7. The number of aryl methyl sites for hydroxylation is 2. The molecule has 6 nitrogen and oxygen atoms in total. The number of ketones is 1. The fourth-order valence-electron chi connectivity index (χ4n) is 3.98. The smallest absolute Gasteiger partial charge is 0.254 e. The van der Waals surface area contributed by atoms with Gasteiger partial charge in [0.25, 0.3) is 5.91 Å². The molecule has 1 aliphatic heterocycles. The molecule has 1 saturated heterocycles. The predicted octanol–water partition coefficient (Wildman–Crippen LogP) is 3.83. The summed E-state index contributed by atoms with van der Waals surface area (Å²) >= 11 is 0. The van der Waals surface area contributed by atoms with E-state index in [0.717, 1.165) is 16.7 Å². The summed E-state index contributed by atoms with van der Waals surface area (Å²) in [7, 11) is 0. The minimum atomic E-state index is -0.167. The number of nitrogens with one attached hydrogen (secondary N) is 1. The first kappa shape index (κ1) is 23.7. The fourth-order valence-corrected chi connectivity index (χ4v) is 3.98. The molecule has 2 atom stereocenters. The maximum absolute atomic E-state index is 12.7. The van der Waals surface area contributed by atoms with Crippen molar-refractivity contribution in [3.63, 3.8) is 0 Å². The van der Waals surface area contributed by atoms with Gasteiger partial charge in [0.2, 0.25) is 5.91 Å². The third kappa shape index (κ3) is 6.26. The second-order valence-electron chi connectivity index (χ2n) is 8.68. The van der Waals surface area contributed by atoms with Crippen molar-refractivity contribution >= 4 is 17.6 Å². The minimum Gasteiger partial charge on any atom is -0.372 e. The fraction of sp³-hybridized carbons (Fsp3) is 0.423. The Morgan fingerprint density at radius 1 is 0.969 bits per heavy atom. The van der Waals surface area contributed by atoms with Crippen LogP contribution in [0.5, 0.6) is 0 Å². The number of amides is 2. The van der Waals surface area contributed by atoms with E-state index in [-0.39, 0.29) is 42.6 Å². The van der Waals surface area contributed by atoms with E-state index >= 15 is 0 Å². The molecule has 0 aliphatic carbocycles. The van der Waals surface area contributed by atoms with Crippen LogP contribution >= 0.6 is 0 Å². The number of Topliss-reactive ketones (excluding diaryl/α,β-unsaturated/α-hetero) is 1. The van der Waals surface area contributed by atoms with Gasteiger partial charge in [0, 0.05) is 43.6 Å². The van der Waals surface area contributed by atoms with E-state index in [4.69, 9.17) is 4.74 Å². The van der Waals surface area contributed by atoms with Gasteiger partial charge in [-0.05, 0) is 57.0 Å². The number of benzene rings is 2. The predicted molar refractivity (Wildman–Crippen MR) is 124 cm³/mol. The van der Waals surface area contributed by atoms with Crippen LogP contribution in [0.25, 0.3) is 0 Å². The van der Waals surface area contributed by atoms with Crippen LogP contribution in [0.15, 0.2) is 42.5 Å². The molecule has 0 radical (unpaired) electrons. The molecular weight excluding hydrogens is 404 g/mol. The summed E-state index contributed by atoms with van der Waals surface area (Å²) in [6.45, 7) is 9.32. The zero-order chi connectivity index (χ0) is 23.3. The van der Waals surface area contributed by atoms with Gasteiger partial charge in [0.1, 0.15) is 0 Å². The van der Waals surface area contributed by atoms with Gasteiger partial charge in [-0.15, -0.1) is 0 Å². The molecule has 2 aromatic carbocycles. The normalized spacial score (nSPS) is 18.3. The lowest BCUT2D eigenvalue weighted by Crippen LogP contribution is -2.48. The van der Waals surface area contributed by atoms with Crippen LogP contribution in [0.4, 0.5) is 0 Å². The molecular formula is C26H32N2O4. The van der Waals surface area contributed by atoms with Crippen molar-refractivity contribution < 1.29 is 19.1 Å². The van der Waals surface area contributed by atoms with Gasteiger partial charge in [0.05, 0.1) is 12.2 Å². The van der Waals surface area contributed by atoms with Crippen molar-refractivity contribution in [1.29, 1.82) is 0 Å². The van der Waals surface area contributed by atoms with Gasteiger partial charge in [-0.3, -0.25) is 14.4 Å². The van der Waals surface area contributed by atoms with Crippen LogP contribution in [0.3, 0.4) is 0 Å². The Kier molecular flexibility index (Phi) is 7.80. The Hall–Kier alpha value is -2.99. The molecule has 1 aliphatic rings. The summed E-state index contributed by atoms with van der Waals surface area (Å²) in [5.74, 6) is -0.191. The maximum atomic E-state index is 12.7. The first-order valence-corrected chi connectivity index (χ1v) is 11.1. The highest BCUT2D eigenvalue weighted by atomic mass is 16.5. The molecule has 0 bridgehead atoms. The molecule has 1 heterocycles. The van der Waals surface area contributed by atoms with E-state index in [9.17, 15) is 14.4 Å². The second-order valence-corrected chi connectivity index (χ2v) is 8.68. The highest BCUT2D eigenvalue weighted by Crippen LogP contribution is 2.16. The number of hydrogen-bond acceptors (Lipinski definition) is 4. The van der Waals surface area contributed by atoms with Crippen molar-refractivity contribution in [2.75, 3.05) is 13.1 Å². The van der Waals surface area contributed by atoms with Gasteiger partial charge in [0.15, 0.2) is 5.78 Å². The maximum Gasteiger partial charge on any atom is 0.254 e. The van der Waals surface area contributed by atoms with Crippen molar-refractivity contribution in [1.82, 2.24) is 10.2 Å². The van der Waals surface area contributed by atoms with E-state index in [1.807, 2.05) is 62.9 Å². The highest BCUT2D eigenvalue weighted by Gasteiger charge is 2.26. The van der Waals surface area contributed by atoms with E-state index in [2.05, 4.69) is 5.32 Å². The average molecular weight is 437 g/mol. The highest BCUT2D eigenvalue weighted by molar-refractivity contribution is 5.99. The lowest BCUT2D eigenvalue weighted by molar-refractivity contribution is -0.121. The van der Waals surface area contributed by atoms with Gasteiger partial charge in [-0.25, -0.2) is 0 Å². The first-order chi connectivity index (χ1) is 15.2. The topological polar surface area (TPSA) is 75.7 Å². The zero-order valence-corrected chi connectivity index (χ0v) is 19.3. The van der Waals surface area contributed by atoms with Crippen LogP contribution in [0.2, 0.25) is 0 Å². The van der Waals surface area contributed by atoms with Crippen LogP contribution in [-0.2, 0) is 16.1 Å². The number of hydrogen-bond donors (Lipinski definition) is 1. The van der Waals surface area contributed by atoms with E-state index in [1.165, 1.54) is 0 Å². The molecule has 2 unspecified atom stereocenters. The molecule has 32 heavy (non-hydrogen) atoms. The molecule has 0 spiro atoms. The van der Waals surface area contributed by atoms with Crippen molar-refractivity contribution in [2.24, 2.45) is 0 Å². The molecule has 2 aromatic rings. The lowest BCUT2D eigenvalue weighted by atomic mass is 9.99. The molecule has 3 rings (SSSR count). The number of morpholine rings is 1. The third-order valence-electron chi connectivity index (χ3n) is 5.67. The average Bonchev–Trinajstić information content (AvgIpc) is 2.76. The third-order valence-corrected chi connectivity index (χ3v) is 5.67. The van der Waals surface area contributed by atoms with Crippen molar-refractivity contribution in [2.45, 2.75) is 59.3 Å². The minimum absolute atomic E-state index is 0.00691. The first-order valence-electron chi connectivity index (χ1n) is 11.1. The summed E-state index contributed by atoms with van der Waals surface area (Å²) in [6, 6.07) is 13.1. The van der Waals surface area contributed by atoms with Gasteiger partial charge >= 0.3 is 0 Å². The van der Waals surface area contributed by atoms with Crippen LogP contribution in [0, 0.1) is 13.8 Å². The molecule has 6 heteroatoms. The Balaban J connectivity index is 1.47. The van der Waals surface area contributed by atoms with Crippen molar-refractivity contribution in [3.8, 4) is 0 Å². The van der Waals surface area contributed by atoms with Crippen LogP contribution in [0.1, 0.15) is 64.1 Å². The molecule has 170 valence electrons. The van der Waals surface area contributed by atoms with E-state index in [1.54, 1.807) is 12.1 Å². The monoisotopic (exact) mass is 436 g/mol. The van der Waals surface area contributed by atoms with E-state index in [0.29, 0.717) is 30.8 Å². The molecule has 2 amide bonds. The lowest BCUT2D eigenvalue weighted by Gasteiger charge is -2.35. The molecule has 0 saturated carbocycles. The summed E-state index contributed by atoms with van der Waals surface area (Å²) in [5.41, 5.74) is 4.17. The molecule has 1 fully saturated rings. The summed E-state index contributed by atoms with van der Waals surface area (Å²) in [5, 5.41) is 2.85. The Bertz CT molecular complexity index is 974. The Morgan fingerprint density at radius 3 is 2.28 bits per heavy atom. The van der Waals surface area contributed by atoms with Gasteiger partial charge in [-0.2, -0.15) is 0 Å². The summed E-state index contributed by atoms with van der Waals surface area (Å²) in [6.07, 6.45) is 0.383. The largest absolute Gasteiger partial charge is 0.372 e. The number of nitrogens with zero attached hydrogens (tertiary/aromatic N) is 1. The number of carbonyl (C=O) groups is 3. The van der Waals surface area contributed by atoms with Crippen LogP contribution in [-0.4, -0.2) is 47.8 Å². The summed E-state index contributed by atoms with van der Waals surface area (Å²) < 4.78 is 5.69. The standard InChI is InChI=1S/C26H32N2O4/c1-17-5-6-18(2)23(13-17)24(29)11-12-25(30)27-14-21-7-9-22(10-8-21)26(31)28-15-19(3)32-20(4)16-28/h5-10,13,19-20H,11-12,14-16H2,1-4H3,(H,27,30). The Morgan fingerprint density at radius 2 is 1.62 bits per heavy atom. The van der Waals surface area contributed by atoms with Crippen LogP contribution < -0.4 is 5.32 Å². The molecule has 1 N–H and O–H groups in total. The van der Waals surface area contributed by atoms with Gasteiger partial charge < -0.3 is 15.0 Å². The van der Waals surface area contributed by atoms with Gasteiger partial charge in [-0.1, -0.05) is 29.8 Å². The van der Waals surface area contributed by atoms with Crippen molar-refractivity contribution in [3.05, 3.63) is 70.3 Å². The SMILES string of the molecule is Cc1ccc(C)c(C(=O)CCC(=O)NCc2ccc(C(=O)N3CC(C)OC(C)C3)cc2)c1. The number of ether oxygens (including phenoxy) is 1.